The van der Waals surface area contributed by atoms with Gasteiger partial charge in [-0.15, -0.1) is 0 Å². The number of carbonyl (C=O) groups is 1. The fourth-order valence-electron chi connectivity index (χ4n) is 2.50. The Morgan fingerprint density at radius 3 is 2.72 bits per heavy atom. The zero-order valence-electron chi connectivity index (χ0n) is 10.4. The minimum atomic E-state index is -0.0215. The van der Waals surface area contributed by atoms with E-state index in [0.29, 0.717) is 16.5 Å². The first-order valence-electron chi connectivity index (χ1n) is 6.34. The van der Waals surface area contributed by atoms with Crippen LogP contribution in [0.15, 0.2) is 22.7 Å². The van der Waals surface area contributed by atoms with Gasteiger partial charge in [-0.1, -0.05) is 24.4 Å². The fourth-order valence-corrected chi connectivity index (χ4v) is 3.00. The topological polar surface area (TPSA) is 29.1 Å². The van der Waals surface area contributed by atoms with Crippen LogP contribution in [0.1, 0.15) is 43.0 Å². The molecule has 1 atom stereocenters. The van der Waals surface area contributed by atoms with Crippen molar-refractivity contribution in [1.29, 1.82) is 0 Å². The van der Waals surface area contributed by atoms with Crippen molar-refractivity contribution in [2.45, 2.75) is 38.6 Å². The molecule has 2 rings (SSSR count). The lowest BCUT2D eigenvalue weighted by atomic mass is 9.99. The highest BCUT2D eigenvalue weighted by Gasteiger charge is 2.23. The lowest BCUT2D eigenvalue weighted by Gasteiger charge is -2.20. The van der Waals surface area contributed by atoms with E-state index in [1.54, 1.807) is 18.2 Å². The Balaban J connectivity index is 2.00. The van der Waals surface area contributed by atoms with E-state index in [-0.39, 0.29) is 11.9 Å². The van der Waals surface area contributed by atoms with E-state index in [4.69, 9.17) is 11.6 Å². The Morgan fingerprint density at radius 2 is 2.11 bits per heavy atom. The third-order valence-corrected chi connectivity index (χ3v) is 4.86. The van der Waals surface area contributed by atoms with E-state index in [2.05, 4.69) is 28.2 Å². The van der Waals surface area contributed by atoms with Gasteiger partial charge >= 0.3 is 0 Å². The molecule has 0 heterocycles. The van der Waals surface area contributed by atoms with Crippen LogP contribution in [0.2, 0.25) is 5.02 Å². The molecule has 1 saturated carbocycles. The highest BCUT2D eigenvalue weighted by atomic mass is 79.9. The molecule has 4 heteroatoms. The average Bonchev–Trinajstić information content (AvgIpc) is 2.86. The molecule has 0 radical (unpaired) electrons. The molecule has 0 bridgehead atoms. The third kappa shape index (κ3) is 3.27. The number of nitrogens with one attached hydrogen (secondary N) is 1. The van der Waals surface area contributed by atoms with Crippen molar-refractivity contribution in [3.63, 3.8) is 0 Å². The molecule has 2 nitrogen and oxygen atoms in total. The van der Waals surface area contributed by atoms with Crippen molar-refractivity contribution in [1.82, 2.24) is 5.32 Å². The van der Waals surface area contributed by atoms with Crippen LogP contribution >= 0.6 is 27.5 Å². The molecule has 0 aliphatic heterocycles. The standard InChI is InChI=1S/C14H17BrClNO/c1-9(10-4-2-3-5-10)17-14(18)11-6-7-13(16)12(15)8-11/h6-10H,2-5H2,1H3,(H,17,18). The Kier molecular flexibility index (Phi) is 4.68. The highest BCUT2D eigenvalue weighted by molar-refractivity contribution is 9.10. The molecule has 1 unspecified atom stereocenters. The van der Waals surface area contributed by atoms with Crippen molar-refractivity contribution < 1.29 is 4.79 Å². The molecule has 1 aromatic carbocycles. The van der Waals surface area contributed by atoms with Crippen LogP contribution < -0.4 is 5.32 Å². The maximum atomic E-state index is 12.1. The van der Waals surface area contributed by atoms with Crippen molar-refractivity contribution in [2.24, 2.45) is 5.92 Å². The number of hydrogen-bond acceptors (Lipinski definition) is 1. The number of rotatable bonds is 3. The first-order valence-corrected chi connectivity index (χ1v) is 7.51. The Labute approximate surface area is 121 Å². The summed E-state index contributed by atoms with van der Waals surface area (Å²) in [6.45, 7) is 2.10. The minimum Gasteiger partial charge on any atom is -0.349 e. The molecule has 98 valence electrons. The smallest absolute Gasteiger partial charge is 0.251 e. The van der Waals surface area contributed by atoms with Gasteiger partial charge in [0.25, 0.3) is 5.91 Å². The lowest BCUT2D eigenvalue weighted by molar-refractivity contribution is 0.0927. The Morgan fingerprint density at radius 1 is 1.44 bits per heavy atom. The van der Waals surface area contributed by atoms with Gasteiger partial charge in [0.2, 0.25) is 0 Å². The maximum absolute atomic E-state index is 12.1. The monoisotopic (exact) mass is 329 g/mol. The lowest BCUT2D eigenvalue weighted by Crippen LogP contribution is -2.37. The van der Waals surface area contributed by atoms with Crippen LogP contribution in [0, 0.1) is 5.92 Å². The normalized spacial score (nSPS) is 17.7. The summed E-state index contributed by atoms with van der Waals surface area (Å²) in [6, 6.07) is 5.50. The summed E-state index contributed by atoms with van der Waals surface area (Å²) in [5, 5.41) is 3.70. The van der Waals surface area contributed by atoms with Crippen molar-refractivity contribution in [2.75, 3.05) is 0 Å². The van der Waals surface area contributed by atoms with E-state index < -0.39 is 0 Å². The molecule has 0 aromatic heterocycles. The summed E-state index contributed by atoms with van der Waals surface area (Å²) in [7, 11) is 0. The van der Waals surface area contributed by atoms with Gasteiger partial charge in [0.15, 0.2) is 0 Å². The molecule has 18 heavy (non-hydrogen) atoms. The Bertz CT molecular complexity index is 443. The molecule has 1 N–H and O–H groups in total. The molecule has 1 fully saturated rings. The fraction of sp³-hybridized carbons (Fsp3) is 0.500. The first kappa shape index (κ1) is 13.9. The number of halogens is 2. The van der Waals surface area contributed by atoms with Crippen molar-refractivity contribution >= 4 is 33.4 Å². The third-order valence-electron chi connectivity index (χ3n) is 3.65. The zero-order chi connectivity index (χ0) is 13.1. The van der Waals surface area contributed by atoms with Gasteiger partial charge in [-0.05, 0) is 59.8 Å². The summed E-state index contributed by atoms with van der Waals surface area (Å²) in [6.07, 6.45) is 5.03. The van der Waals surface area contributed by atoms with Gasteiger partial charge in [0, 0.05) is 16.1 Å². The zero-order valence-corrected chi connectivity index (χ0v) is 12.7. The average molecular weight is 331 g/mol. The second kappa shape index (κ2) is 6.07. The van der Waals surface area contributed by atoms with Crippen LogP contribution in [-0.2, 0) is 0 Å². The second-order valence-electron chi connectivity index (χ2n) is 4.94. The molecule has 1 amide bonds. The summed E-state index contributed by atoms with van der Waals surface area (Å²) in [5.74, 6) is 0.608. The van der Waals surface area contributed by atoms with Crippen LogP contribution in [-0.4, -0.2) is 11.9 Å². The van der Waals surface area contributed by atoms with Gasteiger partial charge in [0.05, 0.1) is 5.02 Å². The van der Waals surface area contributed by atoms with E-state index in [1.807, 2.05) is 0 Å². The number of hydrogen-bond donors (Lipinski definition) is 1. The van der Waals surface area contributed by atoms with Gasteiger partial charge < -0.3 is 5.32 Å². The largest absolute Gasteiger partial charge is 0.349 e. The van der Waals surface area contributed by atoms with E-state index in [9.17, 15) is 4.79 Å². The van der Waals surface area contributed by atoms with Crippen LogP contribution in [0.3, 0.4) is 0 Å². The van der Waals surface area contributed by atoms with Gasteiger partial charge in [-0.2, -0.15) is 0 Å². The quantitative estimate of drug-likeness (QED) is 0.874. The van der Waals surface area contributed by atoms with Crippen LogP contribution in [0.25, 0.3) is 0 Å². The van der Waals surface area contributed by atoms with Gasteiger partial charge in [-0.25, -0.2) is 0 Å². The summed E-state index contributed by atoms with van der Waals surface area (Å²) in [4.78, 5) is 12.1. The molecule has 1 aliphatic carbocycles. The van der Waals surface area contributed by atoms with Crippen molar-refractivity contribution in [3.05, 3.63) is 33.3 Å². The first-order chi connectivity index (χ1) is 8.58. The summed E-state index contributed by atoms with van der Waals surface area (Å²) < 4.78 is 0.755. The van der Waals surface area contributed by atoms with Crippen molar-refractivity contribution in [3.8, 4) is 0 Å². The highest BCUT2D eigenvalue weighted by Crippen LogP contribution is 2.28. The van der Waals surface area contributed by atoms with Gasteiger partial charge in [0.1, 0.15) is 0 Å². The molecule has 1 aliphatic rings. The number of carbonyl (C=O) groups excluding carboxylic acids is 1. The molecular formula is C14H17BrClNO. The molecule has 0 spiro atoms. The van der Waals surface area contributed by atoms with Crippen LogP contribution in [0.4, 0.5) is 0 Å². The van der Waals surface area contributed by atoms with E-state index in [0.717, 1.165) is 4.47 Å². The molecule has 1 aromatic rings. The maximum Gasteiger partial charge on any atom is 0.251 e. The predicted octanol–water partition coefficient (Wildman–Crippen LogP) is 4.41. The SMILES string of the molecule is CC(NC(=O)c1ccc(Cl)c(Br)c1)C1CCCC1. The molecule has 0 saturated heterocycles. The van der Waals surface area contributed by atoms with Crippen LogP contribution in [0.5, 0.6) is 0 Å². The van der Waals surface area contributed by atoms with E-state index >= 15 is 0 Å². The number of amides is 1. The van der Waals surface area contributed by atoms with Gasteiger partial charge in [-0.3, -0.25) is 4.79 Å². The molecular weight excluding hydrogens is 314 g/mol. The predicted molar refractivity (Wildman–Crippen MR) is 78.0 cm³/mol. The number of benzene rings is 1. The van der Waals surface area contributed by atoms with E-state index in [1.165, 1.54) is 25.7 Å². The Hall–Kier alpha value is -0.540. The second-order valence-corrected chi connectivity index (χ2v) is 6.20. The summed E-state index contributed by atoms with van der Waals surface area (Å²) in [5.41, 5.74) is 0.649. The summed E-state index contributed by atoms with van der Waals surface area (Å²) >= 11 is 9.25. The minimum absolute atomic E-state index is 0.0215.